The van der Waals surface area contributed by atoms with Gasteiger partial charge in [0.1, 0.15) is 6.04 Å². The van der Waals surface area contributed by atoms with Crippen molar-refractivity contribution in [3.63, 3.8) is 0 Å². The summed E-state index contributed by atoms with van der Waals surface area (Å²) in [6.45, 7) is 8.03. The van der Waals surface area contributed by atoms with Gasteiger partial charge in [-0.1, -0.05) is 56.3 Å². The molecule has 5 heteroatoms. The SMILES string of the molecule is CC(C)C[C@H]1N=C(c2ccccc2)c2cccc(N3CCNCC3)c2NC1=O. The number of fused-ring (bicyclic) bond motifs is 1. The van der Waals surface area contributed by atoms with Gasteiger partial charge in [-0.15, -0.1) is 0 Å². The Morgan fingerprint density at radius 1 is 1.07 bits per heavy atom. The van der Waals surface area contributed by atoms with E-state index in [1.54, 1.807) is 0 Å². The lowest BCUT2D eigenvalue weighted by Gasteiger charge is -2.31. The van der Waals surface area contributed by atoms with Crippen LogP contribution in [0.3, 0.4) is 0 Å². The Morgan fingerprint density at radius 2 is 1.82 bits per heavy atom. The number of para-hydroxylation sites is 1. The average Bonchev–Trinajstić information content (AvgIpc) is 2.85. The van der Waals surface area contributed by atoms with Crippen molar-refractivity contribution in [2.45, 2.75) is 26.3 Å². The summed E-state index contributed by atoms with van der Waals surface area (Å²) < 4.78 is 0. The number of nitrogens with zero attached hydrogens (tertiary/aromatic N) is 2. The van der Waals surface area contributed by atoms with Gasteiger partial charge < -0.3 is 15.5 Å². The van der Waals surface area contributed by atoms with Gasteiger partial charge in [0.05, 0.1) is 17.1 Å². The maximum atomic E-state index is 13.1. The molecule has 2 aromatic rings. The molecule has 2 aliphatic rings. The van der Waals surface area contributed by atoms with E-state index in [1.165, 1.54) is 0 Å². The smallest absolute Gasteiger partial charge is 0.249 e. The zero-order valence-electron chi connectivity index (χ0n) is 16.6. The lowest BCUT2D eigenvalue weighted by atomic mass is 9.99. The first-order valence-corrected chi connectivity index (χ1v) is 10.2. The standard InChI is InChI=1S/C23H28N4O/c1-16(2)15-19-23(28)26-22-18(21(25-19)17-7-4-3-5-8-17)9-6-10-20(22)27-13-11-24-12-14-27/h3-10,16,19,24H,11-15H2,1-2H3,(H,26,28)/t19-/m1/s1. The molecule has 2 aromatic carbocycles. The van der Waals surface area contributed by atoms with Gasteiger partial charge in [-0.05, 0) is 18.4 Å². The van der Waals surface area contributed by atoms with Crippen molar-refractivity contribution in [2.75, 3.05) is 36.4 Å². The number of carbonyl (C=O) groups excluding carboxylic acids is 1. The Labute approximate surface area is 166 Å². The number of aliphatic imine (C=N–C) groups is 1. The molecule has 0 bridgehead atoms. The van der Waals surface area contributed by atoms with Crippen LogP contribution in [0.1, 0.15) is 31.4 Å². The first kappa shape index (κ1) is 18.7. The van der Waals surface area contributed by atoms with Gasteiger partial charge in [-0.3, -0.25) is 9.79 Å². The van der Waals surface area contributed by atoms with Crippen LogP contribution in [0, 0.1) is 5.92 Å². The van der Waals surface area contributed by atoms with Crippen molar-refractivity contribution in [3.8, 4) is 0 Å². The second-order valence-electron chi connectivity index (χ2n) is 7.92. The number of anilines is 2. The summed E-state index contributed by atoms with van der Waals surface area (Å²) in [5.41, 5.74) is 4.93. The molecule has 28 heavy (non-hydrogen) atoms. The molecule has 0 aliphatic carbocycles. The topological polar surface area (TPSA) is 56.7 Å². The first-order valence-electron chi connectivity index (χ1n) is 10.2. The Bertz CT molecular complexity index is 869. The second-order valence-corrected chi connectivity index (χ2v) is 7.92. The Morgan fingerprint density at radius 3 is 2.54 bits per heavy atom. The molecule has 5 nitrogen and oxygen atoms in total. The Balaban J connectivity index is 1.84. The molecule has 2 heterocycles. The van der Waals surface area contributed by atoms with Crippen LogP contribution in [0.25, 0.3) is 0 Å². The van der Waals surface area contributed by atoms with E-state index < -0.39 is 0 Å². The molecule has 0 radical (unpaired) electrons. The summed E-state index contributed by atoms with van der Waals surface area (Å²) >= 11 is 0. The molecule has 0 saturated carbocycles. The molecular formula is C23H28N4O. The predicted molar refractivity (Wildman–Crippen MR) is 115 cm³/mol. The number of rotatable bonds is 4. The minimum atomic E-state index is -0.376. The Hall–Kier alpha value is -2.66. The molecule has 0 spiro atoms. The van der Waals surface area contributed by atoms with Crippen molar-refractivity contribution < 1.29 is 4.79 Å². The van der Waals surface area contributed by atoms with E-state index in [4.69, 9.17) is 4.99 Å². The summed E-state index contributed by atoms with van der Waals surface area (Å²) in [4.78, 5) is 20.4. The van der Waals surface area contributed by atoms with E-state index in [1.807, 2.05) is 18.2 Å². The lowest BCUT2D eigenvalue weighted by molar-refractivity contribution is -0.117. The van der Waals surface area contributed by atoms with Gasteiger partial charge in [0.2, 0.25) is 5.91 Å². The fourth-order valence-electron chi connectivity index (χ4n) is 3.96. The van der Waals surface area contributed by atoms with Crippen LogP contribution in [0.4, 0.5) is 11.4 Å². The second kappa shape index (κ2) is 8.15. The highest BCUT2D eigenvalue weighted by Gasteiger charge is 2.29. The molecule has 4 rings (SSSR count). The monoisotopic (exact) mass is 376 g/mol. The van der Waals surface area contributed by atoms with Gasteiger partial charge in [0, 0.05) is 37.3 Å². The third-order valence-corrected chi connectivity index (χ3v) is 5.33. The Kier molecular flexibility index (Phi) is 5.44. The van der Waals surface area contributed by atoms with Gasteiger partial charge in [0.15, 0.2) is 0 Å². The van der Waals surface area contributed by atoms with Crippen LogP contribution in [0.15, 0.2) is 53.5 Å². The maximum absolute atomic E-state index is 13.1. The molecule has 1 amide bonds. The number of hydrogen-bond donors (Lipinski definition) is 2. The maximum Gasteiger partial charge on any atom is 0.249 e. The molecule has 0 unspecified atom stereocenters. The highest BCUT2D eigenvalue weighted by Crippen LogP contribution is 2.34. The number of hydrogen-bond acceptors (Lipinski definition) is 4. The van der Waals surface area contributed by atoms with E-state index in [-0.39, 0.29) is 11.9 Å². The summed E-state index contributed by atoms with van der Waals surface area (Å²) in [5.74, 6) is 0.383. The normalized spacial score (nSPS) is 19.7. The van der Waals surface area contributed by atoms with Gasteiger partial charge in [-0.25, -0.2) is 0 Å². The molecule has 1 atom stereocenters. The largest absolute Gasteiger partial charge is 0.367 e. The number of benzene rings is 2. The fourth-order valence-corrected chi connectivity index (χ4v) is 3.96. The van der Waals surface area contributed by atoms with E-state index in [0.29, 0.717) is 5.92 Å². The quantitative estimate of drug-likeness (QED) is 0.861. The van der Waals surface area contributed by atoms with E-state index >= 15 is 0 Å². The van der Waals surface area contributed by atoms with Crippen molar-refractivity contribution in [1.82, 2.24) is 5.32 Å². The minimum Gasteiger partial charge on any atom is -0.367 e. The van der Waals surface area contributed by atoms with Crippen LogP contribution in [0.5, 0.6) is 0 Å². The number of nitrogens with one attached hydrogen (secondary N) is 2. The van der Waals surface area contributed by atoms with Gasteiger partial charge in [-0.2, -0.15) is 0 Å². The molecule has 146 valence electrons. The summed E-state index contributed by atoms with van der Waals surface area (Å²) in [7, 11) is 0. The highest BCUT2D eigenvalue weighted by atomic mass is 16.2. The number of carbonyl (C=O) groups is 1. The fraction of sp³-hybridized carbons (Fsp3) is 0.391. The van der Waals surface area contributed by atoms with Crippen LogP contribution < -0.4 is 15.5 Å². The van der Waals surface area contributed by atoms with E-state index in [0.717, 1.165) is 60.8 Å². The molecule has 2 N–H and O–H groups in total. The van der Waals surface area contributed by atoms with Crippen molar-refractivity contribution >= 4 is 23.0 Å². The molecule has 2 aliphatic heterocycles. The average molecular weight is 377 g/mol. The summed E-state index contributed by atoms with van der Waals surface area (Å²) in [5, 5.41) is 6.62. The molecule has 0 aromatic heterocycles. The predicted octanol–water partition coefficient (Wildman–Crippen LogP) is 3.30. The van der Waals surface area contributed by atoms with Crippen LogP contribution >= 0.6 is 0 Å². The zero-order chi connectivity index (χ0) is 19.5. The van der Waals surface area contributed by atoms with Crippen molar-refractivity contribution in [1.29, 1.82) is 0 Å². The third kappa shape index (κ3) is 3.80. The number of piperazine rings is 1. The zero-order valence-corrected chi connectivity index (χ0v) is 16.6. The minimum absolute atomic E-state index is 0.0107. The van der Waals surface area contributed by atoms with E-state index in [9.17, 15) is 4.79 Å². The highest BCUT2D eigenvalue weighted by molar-refractivity contribution is 6.21. The number of benzodiazepines with no additional fused rings is 1. The number of amides is 1. The first-order chi connectivity index (χ1) is 13.6. The molecule has 1 saturated heterocycles. The lowest BCUT2D eigenvalue weighted by Crippen LogP contribution is -2.44. The van der Waals surface area contributed by atoms with Crippen molar-refractivity contribution in [2.24, 2.45) is 10.9 Å². The van der Waals surface area contributed by atoms with E-state index in [2.05, 4.69) is 59.7 Å². The van der Waals surface area contributed by atoms with Gasteiger partial charge >= 0.3 is 0 Å². The summed E-state index contributed by atoms with van der Waals surface area (Å²) in [6.07, 6.45) is 0.735. The van der Waals surface area contributed by atoms with Crippen molar-refractivity contribution in [3.05, 3.63) is 59.7 Å². The summed E-state index contributed by atoms with van der Waals surface area (Å²) in [6, 6.07) is 16.1. The van der Waals surface area contributed by atoms with Crippen LogP contribution in [-0.4, -0.2) is 43.8 Å². The molecule has 1 fully saturated rings. The molecular weight excluding hydrogens is 348 g/mol. The van der Waals surface area contributed by atoms with Crippen LogP contribution in [-0.2, 0) is 4.79 Å². The third-order valence-electron chi connectivity index (χ3n) is 5.33. The van der Waals surface area contributed by atoms with Crippen LogP contribution in [0.2, 0.25) is 0 Å². The van der Waals surface area contributed by atoms with Gasteiger partial charge in [0.25, 0.3) is 0 Å².